The van der Waals surface area contributed by atoms with E-state index in [0.29, 0.717) is 5.92 Å². The van der Waals surface area contributed by atoms with Gasteiger partial charge in [0.05, 0.1) is 0 Å². The maximum atomic E-state index is 10.4. The molecule has 16 heavy (non-hydrogen) atoms. The molecule has 0 radical (unpaired) electrons. The zero-order chi connectivity index (χ0) is 11.5. The molecule has 3 atom stereocenters. The van der Waals surface area contributed by atoms with Gasteiger partial charge in [0.2, 0.25) is 0 Å². The maximum absolute atomic E-state index is 10.4. The Kier molecular flexibility index (Phi) is 3.64. The Morgan fingerprint density at radius 2 is 2.31 bits per heavy atom. The van der Waals surface area contributed by atoms with Crippen molar-refractivity contribution in [2.75, 3.05) is 0 Å². The van der Waals surface area contributed by atoms with E-state index >= 15 is 0 Å². The Balaban J connectivity index is 2.05. The van der Waals surface area contributed by atoms with E-state index in [4.69, 9.17) is 0 Å². The summed E-state index contributed by atoms with van der Waals surface area (Å²) in [7, 11) is 0. The summed E-state index contributed by atoms with van der Waals surface area (Å²) in [5.74, 6) is 2.08. The molecule has 1 N–H and O–H groups in total. The Hall–Kier alpha value is -0.830. The van der Waals surface area contributed by atoms with Gasteiger partial charge in [0.15, 0.2) is 0 Å². The first kappa shape index (κ1) is 11.6. The normalized spacial score (nSPS) is 27.2. The van der Waals surface area contributed by atoms with Gasteiger partial charge < -0.3 is 9.67 Å². The fourth-order valence-corrected chi connectivity index (χ4v) is 2.84. The average Bonchev–Trinajstić information content (AvgIpc) is 2.96. The minimum atomic E-state index is -0.369. The number of aromatic nitrogens is 2. The summed E-state index contributed by atoms with van der Waals surface area (Å²) < 4.78 is 2.05. The average molecular weight is 222 g/mol. The molecule has 1 fully saturated rings. The van der Waals surface area contributed by atoms with Crippen molar-refractivity contribution in [1.29, 1.82) is 0 Å². The van der Waals surface area contributed by atoms with Crippen molar-refractivity contribution in [1.82, 2.24) is 9.55 Å². The number of aliphatic hydroxyl groups excluding tert-OH is 1. The Morgan fingerprint density at radius 3 is 2.94 bits per heavy atom. The Morgan fingerprint density at radius 1 is 1.50 bits per heavy atom. The van der Waals surface area contributed by atoms with Crippen LogP contribution >= 0.6 is 0 Å². The molecule has 1 aromatic heterocycles. The third-order valence-electron chi connectivity index (χ3n) is 3.96. The molecule has 1 aliphatic carbocycles. The largest absolute Gasteiger partial charge is 0.385 e. The lowest BCUT2D eigenvalue weighted by Crippen LogP contribution is -2.15. The Bertz CT molecular complexity index is 334. The quantitative estimate of drug-likeness (QED) is 0.850. The van der Waals surface area contributed by atoms with Crippen LogP contribution in [0.2, 0.25) is 0 Å². The van der Waals surface area contributed by atoms with Gasteiger partial charge >= 0.3 is 0 Å². The van der Waals surface area contributed by atoms with E-state index in [1.807, 2.05) is 10.8 Å². The van der Waals surface area contributed by atoms with Crippen LogP contribution in [0.5, 0.6) is 0 Å². The molecule has 3 nitrogen and oxygen atoms in total. The van der Waals surface area contributed by atoms with Gasteiger partial charge in [-0.1, -0.05) is 19.8 Å². The van der Waals surface area contributed by atoms with E-state index in [1.54, 1.807) is 6.20 Å². The van der Waals surface area contributed by atoms with E-state index in [9.17, 15) is 5.11 Å². The monoisotopic (exact) mass is 222 g/mol. The summed E-state index contributed by atoms with van der Waals surface area (Å²) in [5.41, 5.74) is 0. The summed E-state index contributed by atoms with van der Waals surface area (Å²) in [6.45, 7) is 5.21. The molecule has 3 heteroatoms. The van der Waals surface area contributed by atoms with Crippen LogP contribution in [0.3, 0.4) is 0 Å². The van der Waals surface area contributed by atoms with Crippen molar-refractivity contribution < 1.29 is 5.11 Å². The topological polar surface area (TPSA) is 38.1 Å². The van der Waals surface area contributed by atoms with E-state index in [-0.39, 0.29) is 6.10 Å². The molecule has 2 rings (SSSR count). The number of rotatable bonds is 4. The first-order valence-electron chi connectivity index (χ1n) is 6.45. The zero-order valence-electron chi connectivity index (χ0n) is 10.3. The second-order valence-corrected chi connectivity index (χ2v) is 4.86. The first-order valence-corrected chi connectivity index (χ1v) is 6.45. The van der Waals surface area contributed by atoms with E-state index < -0.39 is 0 Å². The molecule has 3 unspecified atom stereocenters. The van der Waals surface area contributed by atoms with Crippen molar-refractivity contribution in [3.05, 3.63) is 18.2 Å². The van der Waals surface area contributed by atoms with Crippen molar-refractivity contribution in [2.45, 2.75) is 52.2 Å². The Labute approximate surface area is 97.5 Å². The van der Waals surface area contributed by atoms with Gasteiger partial charge in [0.25, 0.3) is 0 Å². The SMILES string of the molecule is CCC1CCC(C(O)c2nccn2CC)C1. The summed E-state index contributed by atoms with van der Waals surface area (Å²) in [5, 5.41) is 10.4. The van der Waals surface area contributed by atoms with Crippen LogP contribution in [0.25, 0.3) is 0 Å². The number of hydrogen-bond acceptors (Lipinski definition) is 2. The van der Waals surface area contributed by atoms with Gasteiger partial charge in [-0.3, -0.25) is 0 Å². The summed E-state index contributed by atoms with van der Waals surface area (Å²) >= 11 is 0. The minimum absolute atomic E-state index is 0.369. The van der Waals surface area contributed by atoms with Crippen LogP contribution in [0.1, 0.15) is 51.5 Å². The predicted molar refractivity (Wildman–Crippen MR) is 64.0 cm³/mol. The van der Waals surface area contributed by atoms with Crippen LogP contribution in [0.15, 0.2) is 12.4 Å². The number of aliphatic hydroxyl groups is 1. The van der Waals surface area contributed by atoms with Gasteiger partial charge in [-0.15, -0.1) is 0 Å². The highest BCUT2D eigenvalue weighted by atomic mass is 16.3. The van der Waals surface area contributed by atoms with Gasteiger partial charge in [-0.2, -0.15) is 0 Å². The number of nitrogens with zero attached hydrogens (tertiary/aromatic N) is 2. The van der Waals surface area contributed by atoms with Crippen molar-refractivity contribution in [3.8, 4) is 0 Å². The third kappa shape index (κ3) is 2.14. The van der Waals surface area contributed by atoms with Gasteiger partial charge in [-0.25, -0.2) is 4.98 Å². The van der Waals surface area contributed by atoms with Crippen molar-refractivity contribution in [2.24, 2.45) is 11.8 Å². The van der Waals surface area contributed by atoms with Crippen LogP contribution in [-0.4, -0.2) is 14.7 Å². The number of imidazole rings is 1. The van der Waals surface area contributed by atoms with Gasteiger partial charge in [0, 0.05) is 18.9 Å². The molecule has 1 aliphatic rings. The van der Waals surface area contributed by atoms with Crippen LogP contribution in [-0.2, 0) is 6.54 Å². The molecule has 1 heterocycles. The molecule has 0 saturated heterocycles. The zero-order valence-corrected chi connectivity index (χ0v) is 10.3. The molecule has 0 amide bonds. The molecule has 0 spiro atoms. The van der Waals surface area contributed by atoms with E-state index in [0.717, 1.165) is 31.1 Å². The minimum Gasteiger partial charge on any atom is -0.385 e. The summed E-state index contributed by atoms with van der Waals surface area (Å²) in [6, 6.07) is 0. The highest BCUT2D eigenvalue weighted by molar-refractivity contribution is 4.99. The van der Waals surface area contributed by atoms with Crippen LogP contribution in [0.4, 0.5) is 0 Å². The summed E-state index contributed by atoms with van der Waals surface area (Å²) in [6.07, 6.45) is 8.19. The molecule has 0 aliphatic heterocycles. The summed E-state index contributed by atoms with van der Waals surface area (Å²) in [4.78, 5) is 4.30. The number of hydrogen-bond donors (Lipinski definition) is 1. The van der Waals surface area contributed by atoms with Crippen LogP contribution in [0, 0.1) is 11.8 Å². The van der Waals surface area contributed by atoms with Gasteiger partial charge in [-0.05, 0) is 31.6 Å². The van der Waals surface area contributed by atoms with Crippen molar-refractivity contribution in [3.63, 3.8) is 0 Å². The molecule has 90 valence electrons. The van der Waals surface area contributed by atoms with Gasteiger partial charge in [0.1, 0.15) is 11.9 Å². The molecule has 0 bridgehead atoms. The smallest absolute Gasteiger partial charge is 0.137 e. The molecule has 1 aromatic rings. The maximum Gasteiger partial charge on any atom is 0.137 e. The predicted octanol–water partition coefficient (Wildman–Crippen LogP) is 2.76. The third-order valence-corrected chi connectivity index (χ3v) is 3.96. The fourth-order valence-electron chi connectivity index (χ4n) is 2.84. The lowest BCUT2D eigenvalue weighted by molar-refractivity contribution is 0.0967. The van der Waals surface area contributed by atoms with E-state index in [2.05, 4.69) is 18.8 Å². The lowest BCUT2D eigenvalue weighted by Gasteiger charge is -2.18. The highest BCUT2D eigenvalue weighted by Gasteiger charge is 2.31. The first-order chi connectivity index (χ1) is 7.76. The lowest BCUT2D eigenvalue weighted by atomic mass is 9.97. The number of aryl methyl sites for hydroxylation is 1. The van der Waals surface area contributed by atoms with E-state index in [1.165, 1.54) is 12.8 Å². The van der Waals surface area contributed by atoms with Crippen LogP contribution < -0.4 is 0 Å². The molecular weight excluding hydrogens is 200 g/mol. The fraction of sp³-hybridized carbons (Fsp3) is 0.769. The second kappa shape index (κ2) is 5.00. The second-order valence-electron chi connectivity index (χ2n) is 4.86. The molecule has 0 aromatic carbocycles. The van der Waals surface area contributed by atoms with Crippen molar-refractivity contribution >= 4 is 0 Å². The highest BCUT2D eigenvalue weighted by Crippen LogP contribution is 2.39. The molecule has 1 saturated carbocycles. The standard InChI is InChI=1S/C13H22N2O/c1-3-10-5-6-11(9-10)12(16)13-14-7-8-15(13)4-2/h7-8,10-12,16H,3-6,9H2,1-2H3. The molecular formula is C13H22N2O.